The zero-order chi connectivity index (χ0) is 32.3. The van der Waals surface area contributed by atoms with Crippen LogP contribution in [0.3, 0.4) is 0 Å². The van der Waals surface area contributed by atoms with Crippen LogP contribution < -0.4 is 4.89 Å². The van der Waals surface area contributed by atoms with Crippen molar-refractivity contribution in [1.82, 2.24) is 0 Å². The normalized spacial score (nSPS) is 14.7. The van der Waals surface area contributed by atoms with E-state index in [4.69, 9.17) is 18.5 Å². The predicted octanol–water partition coefficient (Wildman–Crippen LogP) is 6.19. The summed E-state index contributed by atoms with van der Waals surface area (Å²) in [4.78, 5) is 25.1. The molecule has 2 aromatic rings. The number of hydrogen-bond donors (Lipinski definition) is 1. The van der Waals surface area contributed by atoms with E-state index in [1.165, 1.54) is 19.3 Å². The number of rotatable bonds is 24. The van der Waals surface area contributed by atoms with Crippen LogP contribution in [0.4, 0.5) is 0 Å². The van der Waals surface area contributed by atoms with Gasteiger partial charge in [-0.15, -0.1) is 0 Å². The minimum absolute atomic E-state index is 0.00160. The average molecular weight is 636 g/mol. The zero-order valence-corrected chi connectivity index (χ0v) is 28.0. The molecule has 0 saturated heterocycles. The van der Waals surface area contributed by atoms with Crippen LogP contribution >= 0.6 is 7.82 Å². The number of unbranched alkanes of at least 4 members (excludes halogenated alkanes) is 6. The van der Waals surface area contributed by atoms with Crippen molar-refractivity contribution in [3.05, 3.63) is 71.8 Å². The molecular weight excluding hydrogens is 581 g/mol. The first-order valence-electron chi connectivity index (χ1n) is 16.0. The van der Waals surface area contributed by atoms with Crippen molar-refractivity contribution in [3.63, 3.8) is 0 Å². The second kappa shape index (κ2) is 20.8. The van der Waals surface area contributed by atoms with Gasteiger partial charge < -0.3 is 33.0 Å². The maximum absolute atomic E-state index is 12.8. The standard InChI is InChI=1S/C34H54NO8P/c1-5-6-7-8-9-16-23-31(36)32(28-42-44(38,39)41-27-25-35(2,3)4)40-26-18-17-24-33(37)43-34(29-19-12-10-13-20-29)30-21-14-11-15-22-30/h10-15,19-22,31-32,34,36H,5-9,16-18,23-28H2,1-4H3/t31-,32+/m1/s1. The third-order valence-electron chi connectivity index (χ3n) is 7.25. The van der Waals surface area contributed by atoms with E-state index in [9.17, 15) is 19.4 Å². The first kappa shape index (κ1) is 38.1. The van der Waals surface area contributed by atoms with E-state index in [1.54, 1.807) is 0 Å². The number of phosphoric acid groups is 1. The Labute approximate surface area is 264 Å². The molecule has 248 valence electrons. The fraction of sp³-hybridized carbons (Fsp3) is 0.618. The number of nitrogens with zero attached hydrogens (tertiary/aromatic N) is 1. The molecule has 0 heterocycles. The molecule has 0 aliphatic rings. The smallest absolute Gasteiger partial charge is 0.306 e. The van der Waals surface area contributed by atoms with Crippen LogP contribution in [0.1, 0.15) is 88.4 Å². The third-order valence-corrected chi connectivity index (χ3v) is 8.22. The monoisotopic (exact) mass is 635 g/mol. The molecule has 44 heavy (non-hydrogen) atoms. The first-order chi connectivity index (χ1) is 21.0. The van der Waals surface area contributed by atoms with Gasteiger partial charge in [-0.1, -0.05) is 106 Å². The molecule has 0 radical (unpaired) electrons. The summed E-state index contributed by atoms with van der Waals surface area (Å²) < 4.78 is 34.8. The van der Waals surface area contributed by atoms with Crippen LogP contribution in [0.15, 0.2) is 60.7 Å². The van der Waals surface area contributed by atoms with Crippen LogP contribution in [0.5, 0.6) is 0 Å². The van der Waals surface area contributed by atoms with Crippen molar-refractivity contribution in [3.8, 4) is 0 Å². The molecule has 0 amide bonds. The molecule has 0 fully saturated rings. The Kier molecular flexibility index (Phi) is 18.0. The molecule has 0 aliphatic heterocycles. The van der Waals surface area contributed by atoms with Gasteiger partial charge in [-0.2, -0.15) is 0 Å². The maximum atomic E-state index is 12.8. The van der Waals surface area contributed by atoms with Crippen molar-refractivity contribution in [1.29, 1.82) is 0 Å². The number of esters is 1. The molecule has 2 rings (SSSR count). The minimum Gasteiger partial charge on any atom is -0.756 e. The summed E-state index contributed by atoms with van der Waals surface area (Å²) in [6, 6.07) is 19.3. The van der Waals surface area contributed by atoms with Gasteiger partial charge in [0.2, 0.25) is 0 Å². The quantitative estimate of drug-likeness (QED) is 0.0629. The van der Waals surface area contributed by atoms with Crippen molar-refractivity contribution in [2.75, 3.05) is 47.5 Å². The molecule has 9 nitrogen and oxygen atoms in total. The maximum Gasteiger partial charge on any atom is 0.306 e. The van der Waals surface area contributed by atoms with Gasteiger partial charge >= 0.3 is 5.97 Å². The molecule has 1 N–H and O–H groups in total. The van der Waals surface area contributed by atoms with Crippen LogP contribution in [-0.2, 0) is 27.9 Å². The average Bonchev–Trinajstić information content (AvgIpc) is 2.99. The van der Waals surface area contributed by atoms with E-state index >= 15 is 0 Å². The molecular formula is C34H54NO8P. The van der Waals surface area contributed by atoms with Crippen molar-refractivity contribution < 1.29 is 42.4 Å². The van der Waals surface area contributed by atoms with Gasteiger partial charge in [-0.3, -0.25) is 9.36 Å². The lowest BCUT2D eigenvalue weighted by Crippen LogP contribution is -2.38. The Hall–Kier alpha value is -2.10. The minimum atomic E-state index is -4.55. The van der Waals surface area contributed by atoms with E-state index in [2.05, 4.69) is 6.92 Å². The third kappa shape index (κ3) is 16.8. The van der Waals surface area contributed by atoms with Gasteiger partial charge in [0.15, 0.2) is 6.10 Å². The van der Waals surface area contributed by atoms with E-state index in [-0.39, 0.29) is 32.2 Å². The topological polar surface area (TPSA) is 114 Å². The fourth-order valence-electron chi connectivity index (χ4n) is 4.60. The predicted molar refractivity (Wildman–Crippen MR) is 171 cm³/mol. The molecule has 0 aromatic heterocycles. The number of carbonyl (C=O) groups is 1. The van der Waals surface area contributed by atoms with Crippen LogP contribution in [0, 0.1) is 0 Å². The number of quaternary nitrogens is 1. The molecule has 0 saturated carbocycles. The fourth-order valence-corrected chi connectivity index (χ4v) is 5.31. The highest BCUT2D eigenvalue weighted by atomic mass is 31.2. The Bertz CT molecular complexity index is 1040. The van der Waals surface area contributed by atoms with Gasteiger partial charge in [0.25, 0.3) is 7.82 Å². The Morgan fingerprint density at radius 3 is 2.02 bits per heavy atom. The molecule has 10 heteroatoms. The Morgan fingerprint density at radius 2 is 1.43 bits per heavy atom. The van der Waals surface area contributed by atoms with E-state index in [0.717, 1.165) is 30.4 Å². The Morgan fingerprint density at radius 1 is 0.841 bits per heavy atom. The van der Waals surface area contributed by atoms with Crippen LogP contribution in [-0.4, -0.2) is 75.3 Å². The second-order valence-corrected chi connectivity index (χ2v) is 13.7. The van der Waals surface area contributed by atoms with E-state index in [1.807, 2.05) is 81.8 Å². The van der Waals surface area contributed by atoms with Crippen molar-refractivity contribution >= 4 is 13.8 Å². The molecule has 3 atom stereocenters. The molecule has 2 aromatic carbocycles. The van der Waals surface area contributed by atoms with Crippen LogP contribution in [0.2, 0.25) is 0 Å². The molecule has 0 bridgehead atoms. The number of carbonyl (C=O) groups excluding carboxylic acids is 1. The zero-order valence-electron chi connectivity index (χ0n) is 27.1. The van der Waals surface area contributed by atoms with Gasteiger partial charge in [-0.05, 0) is 30.4 Å². The molecule has 0 aliphatic carbocycles. The number of aliphatic hydroxyl groups is 1. The highest BCUT2D eigenvalue weighted by Crippen LogP contribution is 2.38. The number of aliphatic hydroxyl groups excluding tert-OH is 1. The lowest BCUT2D eigenvalue weighted by atomic mass is 10.0. The van der Waals surface area contributed by atoms with Crippen molar-refractivity contribution in [2.45, 2.75) is 89.4 Å². The summed E-state index contributed by atoms with van der Waals surface area (Å²) in [5.41, 5.74) is 1.80. The number of ether oxygens (including phenoxy) is 2. The van der Waals surface area contributed by atoms with Gasteiger partial charge in [-0.25, -0.2) is 0 Å². The number of hydrogen-bond acceptors (Lipinski definition) is 8. The SMILES string of the molecule is CCCCCCCC[C@@H](O)[C@H](COP(=O)([O-])OCC[N+](C)(C)C)OCCCCC(=O)OC(c1ccccc1)c1ccccc1. The van der Waals surface area contributed by atoms with E-state index in [0.29, 0.717) is 30.3 Å². The summed E-state index contributed by atoms with van der Waals surface area (Å²) in [5, 5.41) is 10.8. The molecule has 1 unspecified atom stereocenters. The lowest BCUT2D eigenvalue weighted by molar-refractivity contribution is -0.870. The lowest BCUT2D eigenvalue weighted by Gasteiger charge is -2.29. The van der Waals surface area contributed by atoms with Gasteiger partial charge in [0, 0.05) is 13.0 Å². The summed E-state index contributed by atoms with van der Waals surface area (Å²) in [6.07, 6.45) is 5.98. The largest absolute Gasteiger partial charge is 0.756 e. The summed E-state index contributed by atoms with van der Waals surface area (Å²) in [7, 11) is 1.26. The highest BCUT2D eigenvalue weighted by molar-refractivity contribution is 7.45. The number of phosphoric ester groups is 1. The van der Waals surface area contributed by atoms with E-state index < -0.39 is 26.1 Å². The van der Waals surface area contributed by atoms with Crippen LogP contribution in [0.25, 0.3) is 0 Å². The molecule has 0 spiro atoms. The van der Waals surface area contributed by atoms with Gasteiger partial charge in [0.05, 0.1) is 33.9 Å². The summed E-state index contributed by atoms with van der Waals surface area (Å²) in [6.45, 7) is 2.57. The number of benzene rings is 2. The first-order valence-corrected chi connectivity index (χ1v) is 17.5. The number of likely N-dealkylation sites (N-methyl/N-ethyl adjacent to an activating group) is 1. The second-order valence-electron chi connectivity index (χ2n) is 12.3. The highest BCUT2D eigenvalue weighted by Gasteiger charge is 2.24. The summed E-state index contributed by atoms with van der Waals surface area (Å²) >= 11 is 0. The summed E-state index contributed by atoms with van der Waals surface area (Å²) in [5.74, 6) is -0.316. The van der Waals surface area contributed by atoms with Crippen molar-refractivity contribution in [2.24, 2.45) is 0 Å². The Balaban J connectivity index is 1.85. The van der Waals surface area contributed by atoms with Gasteiger partial charge in [0.1, 0.15) is 19.3 Å².